The average molecular weight is 369 g/mol. The molecule has 0 aliphatic heterocycles. The third-order valence-electron chi connectivity index (χ3n) is 4.81. The van der Waals surface area contributed by atoms with Crippen LogP contribution in [0.25, 0.3) is 27.8 Å². The molecule has 3 heterocycles. The van der Waals surface area contributed by atoms with Crippen molar-refractivity contribution in [3.63, 3.8) is 0 Å². The highest BCUT2D eigenvalue weighted by atomic mass is 16.6. The second-order valence-corrected chi connectivity index (χ2v) is 6.50. The topological polar surface area (TPSA) is 78.3 Å². The van der Waals surface area contributed by atoms with Crippen molar-refractivity contribution in [2.24, 2.45) is 0 Å². The highest BCUT2D eigenvalue weighted by molar-refractivity contribution is 5.81. The lowest BCUT2D eigenvalue weighted by Crippen LogP contribution is -2.05. The third kappa shape index (κ3) is 2.61. The van der Waals surface area contributed by atoms with Crippen LogP contribution >= 0.6 is 0 Å². The first-order valence-corrected chi connectivity index (χ1v) is 8.82. The van der Waals surface area contributed by atoms with Gasteiger partial charge in [-0.3, -0.25) is 14.8 Å². The van der Waals surface area contributed by atoms with E-state index in [2.05, 4.69) is 5.10 Å². The number of hydrogen-bond acceptors (Lipinski definition) is 4. The largest absolute Gasteiger partial charge is 0.302 e. The van der Waals surface area contributed by atoms with Crippen molar-refractivity contribution in [1.82, 2.24) is 19.2 Å². The zero-order chi connectivity index (χ0) is 19.1. The summed E-state index contributed by atoms with van der Waals surface area (Å²) in [6.07, 6.45) is 3.70. The van der Waals surface area contributed by atoms with Gasteiger partial charge in [-0.05, 0) is 18.2 Å². The minimum absolute atomic E-state index is 0.0516. The molecule has 7 nitrogen and oxygen atoms in total. The summed E-state index contributed by atoms with van der Waals surface area (Å²) in [5.41, 5.74) is 4.48. The van der Waals surface area contributed by atoms with Gasteiger partial charge in [-0.1, -0.05) is 36.4 Å². The zero-order valence-electron chi connectivity index (χ0n) is 14.8. The number of nitro groups is 1. The second-order valence-electron chi connectivity index (χ2n) is 6.50. The summed E-state index contributed by atoms with van der Waals surface area (Å²) in [5, 5.41) is 16.5. The molecular weight excluding hydrogens is 354 g/mol. The maximum atomic E-state index is 11.2. The van der Waals surface area contributed by atoms with Gasteiger partial charge in [-0.2, -0.15) is 5.10 Å². The van der Waals surface area contributed by atoms with E-state index in [0.29, 0.717) is 6.54 Å². The number of rotatable bonds is 4. The Hall–Kier alpha value is -4.00. The molecule has 5 rings (SSSR count). The number of nitro benzene ring substituents is 1. The van der Waals surface area contributed by atoms with E-state index in [1.165, 1.54) is 6.07 Å². The fourth-order valence-electron chi connectivity index (χ4n) is 3.47. The Labute approximate surface area is 159 Å². The van der Waals surface area contributed by atoms with Gasteiger partial charge in [0, 0.05) is 29.3 Å². The SMILES string of the molecule is O=[N+]([O-])c1ccc2cnn(Cc3c(-c4ccccc4)nc4ccccn34)c2c1. The van der Waals surface area contributed by atoms with Crippen LogP contribution in [0.5, 0.6) is 0 Å². The fourth-order valence-corrected chi connectivity index (χ4v) is 3.47. The summed E-state index contributed by atoms with van der Waals surface area (Å²) in [7, 11) is 0. The third-order valence-corrected chi connectivity index (χ3v) is 4.81. The number of benzene rings is 2. The Balaban J connectivity index is 1.69. The Morgan fingerprint density at radius 3 is 2.64 bits per heavy atom. The molecule has 0 bridgehead atoms. The average Bonchev–Trinajstić information content (AvgIpc) is 3.30. The van der Waals surface area contributed by atoms with Gasteiger partial charge in [0.1, 0.15) is 5.65 Å². The molecule has 0 spiro atoms. The lowest BCUT2D eigenvalue weighted by Gasteiger charge is -2.07. The monoisotopic (exact) mass is 369 g/mol. The minimum Gasteiger partial charge on any atom is -0.302 e. The Morgan fingerprint density at radius 2 is 1.82 bits per heavy atom. The van der Waals surface area contributed by atoms with Crippen molar-refractivity contribution in [3.8, 4) is 11.3 Å². The number of fused-ring (bicyclic) bond motifs is 2. The first-order chi connectivity index (χ1) is 13.7. The fraction of sp³-hybridized carbons (Fsp3) is 0.0476. The van der Waals surface area contributed by atoms with Crippen LogP contribution < -0.4 is 0 Å². The van der Waals surface area contributed by atoms with Crippen LogP contribution in [0.15, 0.2) is 79.1 Å². The molecule has 136 valence electrons. The molecule has 0 saturated carbocycles. The summed E-state index contributed by atoms with van der Waals surface area (Å²) in [4.78, 5) is 15.6. The molecule has 0 aliphatic rings. The Bertz CT molecular complexity index is 1320. The zero-order valence-corrected chi connectivity index (χ0v) is 14.8. The van der Waals surface area contributed by atoms with Gasteiger partial charge >= 0.3 is 0 Å². The molecule has 3 aromatic heterocycles. The van der Waals surface area contributed by atoms with Crippen molar-refractivity contribution in [3.05, 3.63) is 94.9 Å². The molecule has 0 atom stereocenters. The maximum Gasteiger partial charge on any atom is 0.271 e. The van der Waals surface area contributed by atoms with Gasteiger partial charge in [-0.25, -0.2) is 4.98 Å². The number of imidazole rings is 1. The minimum atomic E-state index is -0.388. The van der Waals surface area contributed by atoms with Gasteiger partial charge in [0.15, 0.2) is 0 Å². The van der Waals surface area contributed by atoms with Crippen molar-refractivity contribution in [1.29, 1.82) is 0 Å². The molecule has 0 amide bonds. The summed E-state index contributed by atoms with van der Waals surface area (Å²) < 4.78 is 3.82. The van der Waals surface area contributed by atoms with E-state index in [-0.39, 0.29) is 10.6 Å². The number of aromatic nitrogens is 4. The predicted octanol–water partition coefficient (Wildman–Crippen LogP) is 4.31. The molecule has 0 N–H and O–H groups in total. The normalized spacial score (nSPS) is 11.3. The van der Waals surface area contributed by atoms with Gasteiger partial charge < -0.3 is 4.40 Å². The number of hydrogen-bond donors (Lipinski definition) is 0. The van der Waals surface area contributed by atoms with E-state index in [1.807, 2.05) is 59.1 Å². The second kappa shape index (κ2) is 6.31. The van der Waals surface area contributed by atoms with Crippen molar-refractivity contribution in [2.45, 2.75) is 6.54 Å². The number of nitrogens with zero attached hydrogens (tertiary/aromatic N) is 5. The molecule has 0 unspecified atom stereocenters. The van der Waals surface area contributed by atoms with E-state index in [9.17, 15) is 10.1 Å². The van der Waals surface area contributed by atoms with E-state index in [0.717, 1.165) is 33.5 Å². The quantitative estimate of drug-likeness (QED) is 0.349. The van der Waals surface area contributed by atoms with E-state index < -0.39 is 0 Å². The summed E-state index contributed by atoms with van der Waals surface area (Å²) in [5.74, 6) is 0. The highest BCUT2D eigenvalue weighted by Gasteiger charge is 2.17. The van der Waals surface area contributed by atoms with Crippen LogP contribution in [0, 0.1) is 10.1 Å². The standard InChI is InChI=1S/C21H15N5O2/c27-26(28)17-10-9-16-13-22-25(18(16)12-17)14-19-21(15-6-2-1-3-7-15)23-20-8-4-5-11-24(19)20/h1-13H,14H2. The van der Waals surface area contributed by atoms with Crippen molar-refractivity contribution in [2.75, 3.05) is 0 Å². The molecule has 0 radical (unpaired) electrons. The first-order valence-electron chi connectivity index (χ1n) is 8.82. The van der Waals surface area contributed by atoms with Gasteiger partial charge in [-0.15, -0.1) is 0 Å². The van der Waals surface area contributed by atoms with Gasteiger partial charge in [0.2, 0.25) is 0 Å². The molecule has 5 aromatic rings. The molecule has 0 saturated heterocycles. The van der Waals surface area contributed by atoms with E-state index >= 15 is 0 Å². The molecule has 7 heteroatoms. The van der Waals surface area contributed by atoms with Crippen molar-refractivity contribution < 1.29 is 4.92 Å². The Kier molecular flexibility index (Phi) is 3.65. The van der Waals surface area contributed by atoms with Gasteiger partial charge in [0.25, 0.3) is 5.69 Å². The molecule has 0 fully saturated rings. The summed E-state index contributed by atoms with van der Waals surface area (Å²) >= 11 is 0. The summed E-state index contributed by atoms with van der Waals surface area (Å²) in [6.45, 7) is 0.445. The molecule has 2 aromatic carbocycles. The molecule has 28 heavy (non-hydrogen) atoms. The maximum absolute atomic E-state index is 11.2. The number of non-ortho nitro benzene ring substituents is 1. The highest BCUT2D eigenvalue weighted by Crippen LogP contribution is 2.27. The van der Waals surface area contributed by atoms with Crippen LogP contribution in [0.3, 0.4) is 0 Å². The predicted molar refractivity (Wildman–Crippen MR) is 106 cm³/mol. The lowest BCUT2D eigenvalue weighted by molar-refractivity contribution is -0.384. The van der Waals surface area contributed by atoms with Crippen LogP contribution in [0.4, 0.5) is 5.69 Å². The lowest BCUT2D eigenvalue weighted by atomic mass is 10.1. The number of pyridine rings is 1. The van der Waals surface area contributed by atoms with Crippen molar-refractivity contribution >= 4 is 22.2 Å². The van der Waals surface area contributed by atoms with Crippen LogP contribution in [-0.4, -0.2) is 24.1 Å². The van der Waals surface area contributed by atoms with Crippen LogP contribution in [0.1, 0.15) is 5.69 Å². The van der Waals surface area contributed by atoms with Gasteiger partial charge in [0.05, 0.1) is 34.6 Å². The Morgan fingerprint density at radius 1 is 1.00 bits per heavy atom. The van der Waals surface area contributed by atoms with Crippen LogP contribution in [-0.2, 0) is 6.54 Å². The van der Waals surface area contributed by atoms with E-state index in [1.54, 1.807) is 23.0 Å². The molecule has 0 aliphatic carbocycles. The smallest absolute Gasteiger partial charge is 0.271 e. The molecular formula is C21H15N5O2. The first kappa shape index (κ1) is 16.2. The van der Waals surface area contributed by atoms with E-state index in [4.69, 9.17) is 4.98 Å². The van der Waals surface area contributed by atoms with Crippen LogP contribution in [0.2, 0.25) is 0 Å². The summed E-state index contributed by atoms with van der Waals surface area (Å²) in [6, 6.07) is 20.6.